The number of halogens is 1. The standard InChI is InChI=1S/C23H26N4O4.ClH/c28-19(29)8-4-14-11-25-21-20(14)17-10-13(3-7-18(17)26-22(21)30)23(31)27(16-5-6-16)12-15-2-1-9-24-15;/h3,7,10-11,15-16,24-25H,1-2,4-6,8-9,12H2,(H,26,30)(H,28,29);1H/t15-;/m0./s1. The van der Waals surface area contributed by atoms with E-state index in [4.69, 9.17) is 5.11 Å². The molecule has 1 aliphatic heterocycles. The lowest BCUT2D eigenvalue weighted by Crippen LogP contribution is -2.42. The molecule has 0 unspecified atom stereocenters. The van der Waals surface area contributed by atoms with Gasteiger partial charge in [-0.25, -0.2) is 0 Å². The lowest BCUT2D eigenvalue weighted by Gasteiger charge is -2.26. The molecule has 4 N–H and O–H groups in total. The summed E-state index contributed by atoms with van der Waals surface area (Å²) in [6, 6.07) is 6.04. The van der Waals surface area contributed by atoms with Crippen molar-refractivity contribution in [3.05, 3.63) is 45.9 Å². The molecule has 1 saturated carbocycles. The highest BCUT2D eigenvalue weighted by Crippen LogP contribution is 2.31. The van der Waals surface area contributed by atoms with Crippen molar-refractivity contribution in [1.29, 1.82) is 0 Å². The number of carboxylic acid groups (broad SMARTS) is 1. The highest BCUT2D eigenvalue weighted by Gasteiger charge is 2.35. The minimum Gasteiger partial charge on any atom is -0.481 e. The van der Waals surface area contributed by atoms with Gasteiger partial charge in [-0.05, 0) is 62.4 Å². The molecule has 1 saturated heterocycles. The van der Waals surface area contributed by atoms with Crippen LogP contribution in [0.2, 0.25) is 0 Å². The number of carbonyl (C=O) groups excluding carboxylic acids is 1. The number of carboxylic acids is 1. The summed E-state index contributed by atoms with van der Waals surface area (Å²) in [6.07, 6.45) is 6.30. The molecule has 8 nitrogen and oxygen atoms in total. The molecule has 1 aliphatic carbocycles. The number of rotatable bonds is 7. The van der Waals surface area contributed by atoms with Crippen LogP contribution in [0, 0.1) is 0 Å². The Labute approximate surface area is 190 Å². The van der Waals surface area contributed by atoms with E-state index in [0.717, 1.165) is 49.7 Å². The molecular weight excluding hydrogens is 432 g/mol. The average molecular weight is 459 g/mol. The van der Waals surface area contributed by atoms with Crippen molar-refractivity contribution in [2.45, 2.75) is 50.6 Å². The second-order valence-corrected chi connectivity index (χ2v) is 8.65. The molecule has 1 atom stereocenters. The highest BCUT2D eigenvalue weighted by molar-refractivity contribution is 6.09. The maximum absolute atomic E-state index is 13.4. The molecule has 0 bridgehead atoms. The van der Waals surface area contributed by atoms with Crippen LogP contribution < -0.4 is 10.9 Å². The van der Waals surface area contributed by atoms with Gasteiger partial charge in [0.1, 0.15) is 5.52 Å². The highest BCUT2D eigenvalue weighted by atomic mass is 35.5. The number of nitrogens with one attached hydrogen (secondary N) is 3. The zero-order chi connectivity index (χ0) is 21.5. The van der Waals surface area contributed by atoms with Gasteiger partial charge in [-0.2, -0.15) is 0 Å². The van der Waals surface area contributed by atoms with Gasteiger partial charge in [0.15, 0.2) is 0 Å². The Morgan fingerprint density at radius 1 is 1.19 bits per heavy atom. The number of fused-ring (bicyclic) bond motifs is 3. The van der Waals surface area contributed by atoms with E-state index in [1.54, 1.807) is 18.3 Å². The third-order valence-corrected chi connectivity index (χ3v) is 6.41. The van der Waals surface area contributed by atoms with Crippen LogP contribution in [-0.4, -0.2) is 57.0 Å². The van der Waals surface area contributed by atoms with Crippen LogP contribution in [0.1, 0.15) is 48.0 Å². The fraction of sp³-hybridized carbons (Fsp3) is 0.435. The Balaban J connectivity index is 0.00000245. The number of aromatic nitrogens is 2. The number of H-pyrrole nitrogens is 2. The fourth-order valence-corrected chi connectivity index (χ4v) is 4.67. The van der Waals surface area contributed by atoms with Gasteiger partial charge in [0.25, 0.3) is 11.5 Å². The lowest BCUT2D eigenvalue weighted by atomic mass is 10.0. The third-order valence-electron chi connectivity index (χ3n) is 6.41. The van der Waals surface area contributed by atoms with E-state index in [-0.39, 0.29) is 30.3 Å². The monoisotopic (exact) mass is 458 g/mol. The molecule has 0 spiro atoms. The van der Waals surface area contributed by atoms with Crippen LogP contribution in [0.4, 0.5) is 0 Å². The summed E-state index contributed by atoms with van der Waals surface area (Å²) < 4.78 is 0. The van der Waals surface area contributed by atoms with E-state index in [2.05, 4.69) is 15.3 Å². The minimum atomic E-state index is -0.889. The van der Waals surface area contributed by atoms with E-state index in [9.17, 15) is 14.4 Å². The predicted molar refractivity (Wildman–Crippen MR) is 125 cm³/mol. The second kappa shape index (κ2) is 8.96. The molecule has 170 valence electrons. The van der Waals surface area contributed by atoms with Gasteiger partial charge in [-0.15, -0.1) is 12.4 Å². The van der Waals surface area contributed by atoms with Crippen molar-refractivity contribution < 1.29 is 14.7 Å². The number of aliphatic carboxylic acids is 1. The molecule has 1 aromatic carbocycles. The number of pyridine rings is 1. The van der Waals surface area contributed by atoms with Crippen molar-refractivity contribution in [2.75, 3.05) is 13.1 Å². The van der Waals surface area contributed by atoms with Crippen LogP contribution in [-0.2, 0) is 11.2 Å². The summed E-state index contributed by atoms with van der Waals surface area (Å²) in [7, 11) is 0. The first kappa shape index (κ1) is 22.4. The SMILES string of the molecule is Cl.O=C(O)CCc1c[nH]c2c(=O)[nH]c3ccc(C(=O)N(C[C@@H]4CCCN4)C4CC4)cc3c12. The fourth-order valence-electron chi connectivity index (χ4n) is 4.67. The van der Waals surface area contributed by atoms with E-state index in [1.165, 1.54) is 0 Å². The Kier molecular flexibility index (Phi) is 6.26. The van der Waals surface area contributed by atoms with Crippen molar-refractivity contribution in [2.24, 2.45) is 0 Å². The molecule has 1 amide bonds. The lowest BCUT2D eigenvalue weighted by molar-refractivity contribution is -0.136. The molecule has 2 fully saturated rings. The van der Waals surface area contributed by atoms with Gasteiger partial charge in [0, 0.05) is 53.1 Å². The largest absolute Gasteiger partial charge is 0.481 e. The molecule has 2 aliphatic rings. The average Bonchev–Trinajstić information content (AvgIpc) is 3.28. The first-order valence-electron chi connectivity index (χ1n) is 10.9. The van der Waals surface area contributed by atoms with Crippen LogP contribution >= 0.6 is 12.4 Å². The van der Waals surface area contributed by atoms with Crippen LogP contribution in [0.5, 0.6) is 0 Å². The predicted octanol–water partition coefficient (Wildman–Crippen LogP) is 2.81. The maximum atomic E-state index is 13.4. The summed E-state index contributed by atoms with van der Waals surface area (Å²) >= 11 is 0. The van der Waals surface area contributed by atoms with E-state index in [0.29, 0.717) is 40.5 Å². The number of hydrogen-bond donors (Lipinski definition) is 4. The zero-order valence-corrected chi connectivity index (χ0v) is 18.5. The van der Waals surface area contributed by atoms with Crippen molar-refractivity contribution in [1.82, 2.24) is 20.2 Å². The maximum Gasteiger partial charge on any atom is 0.303 e. The van der Waals surface area contributed by atoms with Crippen molar-refractivity contribution in [3.8, 4) is 0 Å². The molecule has 2 aromatic heterocycles. The number of hydrogen-bond acceptors (Lipinski definition) is 4. The Morgan fingerprint density at radius 2 is 2.00 bits per heavy atom. The van der Waals surface area contributed by atoms with E-state index >= 15 is 0 Å². The quantitative estimate of drug-likeness (QED) is 0.434. The summed E-state index contributed by atoms with van der Waals surface area (Å²) in [5, 5.41) is 14.0. The van der Waals surface area contributed by atoms with Gasteiger partial charge in [-0.1, -0.05) is 0 Å². The number of benzene rings is 1. The van der Waals surface area contributed by atoms with Gasteiger partial charge in [0.05, 0.1) is 0 Å². The summed E-state index contributed by atoms with van der Waals surface area (Å²) in [5.41, 5.74) is 2.16. The molecule has 32 heavy (non-hydrogen) atoms. The molecule has 3 heterocycles. The summed E-state index contributed by atoms with van der Waals surface area (Å²) in [4.78, 5) is 44.8. The smallest absolute Gasteiger partial charge is 0.303 e. The first-order chi connectivity index (χ1) is 15.0. The van der Waals surface area contributed by atoms with Crippen molar-refractivity contribution in [3.63, 3.8) is 0 Å². The molecular formula is C23H27ClN4O4. The number of carbonyl (C=O) groups is 2. The minimum absolute atomic E-state index is 0. The van der Waals surface area contributed by atoms with Crippen LogP contribution in [0.25, 0.3) is 21.8 Å². The third kappa shape index (κ3) is 4.25. The Bertz CT molecular complexity index is 1220. The zero-order valence-electron chi connectivity index (χ0n) is 17.6. The summed E-state index contributed by atoms with van der Waals surface area (Å²) in [5.74, 6) is -0.875. The van der Waals surface area contributed by atoms with Crippen molar-refractivity contribution >= 4 is 46.1 Å². The molecule has 9 heteroatoms. The van der Waals surface area contributed by atoms with Gasteiger partial charge >= 0.3 is 5.97 Å². The Morgan fingerprint density at radius 3 is 2.69 bits per heavy atom. The molecule has 0 radical (unpaired) electrons. The molecule has 3 aromatic rings. The van der Waals surface area contributed by atoms with Crippen LogP contribution in [0.15, 0.2) is 29.2 Å². The number of aromatic amines is 2. The Hall–Kier alpha value is -2.84. The summed E-state index contributed by atoms with van der Waals surface area (Å²) in [6.45, 7) is 1.72. The second-order valence-electron chi connectivity index (χ2n) is 8.65. The number of nitrogens with zero attached hydrogens (tertiary/aromatic N) is 1. The van der Waals surface area contributed by atoms with Gasteiger partial charge in [-0.3, -0.25) is 14.4 Å². The van der Waals surface area contributed by atoms with Gasteiger partial charge < -0.3 is 25.3 Å². The normalized spacial score (nSPS) is 18.1. The van der Waals surface area contributed by atoms with Crippen LogP contribution in [0.3, 0.4) is 0 Å². The molecule has 5 rings (SSSR count). The first-order valence-corrected chi connectivity index (χ1v) is 10.9. The van der Waals surface area contributed by atoms with E-state index in [1.807, 2.05) is 11.0 Å². The van der Waals surface area contributed by atoms with Gasteiger partial charge in [0.2, 0.25) is 0 Å². The van der Waals surface area contributed by atoms with E-state index < -0.39 is 5.97 Å². The number of aryl methyl sites for hydroxylation is 1. The topological polar surface area (TPSA) is 118 Å². The number of amides is 1.